The summed E-state index contributed by atoms with van der Waals surface area (Å²) >= 11 is 0. The van der Waals surface area contributed by atoms with Gasteiger partial charge in [-0.25, -0.2) is 4.39 Å². The molecule has 0 aliphatic carbocycles. The van der Waals surface area contributed by atoms with Gasteiger partial charge in [0, 0.05) is 25.0 Å². The molecule has 3 N–H and O–H groups in total. The van der Waals surface area contributed by atoms with Crippen molar-refractivity contribution in [2.24, 2.45) is 0 Å². The predicted molar refractivity (Wildman–Crippen MR) is 71.0 cm³/mol. The van der Waals surface area contributed by atoms with E-state index in [1.807, 2.05) is 11.9 Å². The summed E-state index contributed by atoms with van der Waals surface area (Å²) in [6.07, 6.45) is 0. The molecule has 0 radical (unpaired) electrons. The maximum absolute atomic E-state index is 13.1. The van der Waals surface area contributed by atoms with Gasteiger partial charge in [0.1, 0.15) is 11.6 Å². The monoisotopic (exact) mass is 246 g/mol. The van der Waals surface area contributed by atoms with E-state index in [1.165, 1.54) is 12.1 Å². The van der Waals surface area contributed by atoms with Crippen LogP contribution < -0.4 is 10.6 Å². The molecule has 0 unspecified atom stereocenters. The first-order valence-electron chi connectivity index (χ1n) is 5.60. The fourth-order valence-electron chi connectivity index (χ4n) is 1.77. The zero-order valence-electron chi connectivity index (χ0n) is 10.1. The number of phenolic OH excluding ortho intramolecular Hbond substituents is 1. The van der Waals surface area contributed by atoms with E-state index in [4.69, 9.17) is 5.73 Å². The van der Waals surface area contributed by atoms with Crippen molar-refractivity contribution in [3.8, 4) is 5.75 Å². The van der Waals surface area contributed by atoms with Crippen molar-refractivity contribution in [3.63, 3.8) is 0 Å². The first kappa shape index (κ1) is 12.2. The van der Waals surface area contributed by atoms with E-state index in [-0.39, 0.29) is 11.6 Å². The third kappa shape index (κ3) is 2.71. The Kier molecular flexibility index (Phi) is 3.37. The average molecular weight is 246 g/mol. The summed E-state index contributed by atoms with van der Waals surface area (Å²) in [5.41, 5.74) is 8.05. The van der Waals surface area contributed by atoms with E-state index < -0.39 is 0 Å². The Balaban J connectivity index is 2.18. The zero-order chi connectivity index (χ0) is 13.1. The lowest BCUT2D eigenvalue weighted by Gasteiger charge is -2.20. The summed E-state index contributed by atoms with van der Waals surface area (Å²) in [4.78, 5) is 1.94. The van der Waals surface area contributed by atoms with Crippen LogP contribution in [0.4, 0.5) is 15.8 Å². The first-order valence-corrected chi connectivity index (χ1v) is 5.60. The molecular formula is C14H15FN2O. The van der Waals surface area contributed by atoms with Crippen LogP contribution >= 0.6 is 0 Å². The predicted octanol–water partition coefficient (Wildman–Crippen LogP) is 2.75. The molecule has 0 saturated heterocycles. The number of halogens is 1. The highest BCUT2D eigenvalue weighted by Crippen LogP contribution is 2.21. The van der Waals surface area contributed by atoms with Crippen molar-refractivity contribution in [1.82, 2.24) is 0 Å². The molecule has 0 aliphatic rings. The molecule has 0 aliphatic heterocycles. The topological polar surface area (TPSA) is 49.5 Å². The molecule has 94 valence electrons. The average Bonchev–Trinajstić information content (AvgIpc) is 2.34. The van der Waals surface area contributed by atoms with Crippen LogP contribution in [0.15, 0.2) is 42.5 Å². The van der Waals surface area contributed by atoms with Crippen LogP contribution in [0.3, 0.4) is 0 Å². The highest BCUT2D eigenvalue weighted by Gasteiger charge is 2.06. The molecule has 0 fully saturated rings. The lowest BCUT2D eigenvalue weighted by atomic mass is 10.1. The lowest BCUT2D eigenvalue weighted by molar-refractivity contribution is 0.475. The van der Waals surface area contributed by atoms with Gasteiger partial charge in [0.15, 0.2) is 0 Å². The van der Waals surface area contributed by atoms with E-state index in [2.05, 4.69) is 0 Å². The summed E-state index contributed by atoms with van der Waals surface area (Å²) in [5, 5.41) is 9.22. The molecule has 0 spiro atoms. The summed E-state index contributed by atoms with van der Waals surface area (Å²) < 4.78 is 13.1. The number of anilines is 2. The number of hydrogen-bond donors (Lipinski definition) is 2. The van der Waals surface area contributed by atoms with Gasteiger partial charge < -0.3 is 15.7 Å². The van der Waals surface area contributed by atoms with Gasteiger partial charge in [-0.3, -0.25) is 0 Å². The van der Waals surface area contributed by atoms with E-state index in [0.29, 0.717) is 12.2 Å². The fraction of sp³-hybridized carbons (Fsp3) is 0.143. The van der Waals surface area contributed by atoms with Crippen molar-refractivity contribution in [1.29, 1.82) is 0 Å². The molecule has 2 aromatic rings. The van der Waals surface area contributed by atoms with Gasteiger partial charge in [0.2, 0.25) is 0 Å². The Morgan fingerprint density at radius 3 is 2.50 bits per heavy atom. The third-order valence-electron chi connectivity index (χ3n) is 2.80. The fourth-order valence-corrected chi connectivity index (χ4v) is 1.77. The number of rotatable bonds is 3. The SMILES string of the molecule is CN(Cc1cc(F)ccc1N)c1ccc(O)cc1. The number of nitrogens with zero attached hydrogens (tertiary/aromatic N) is 1. The minimum Gasteiger partial charge on any atom is -0.508 e. The van der Waals surface area contributed by atoms with Crippen LogP contribution in [0.25, 0.3) is 0 Å². The molecule has 2 rings (SSSR count). The van der Waals surface area contributed by atoms with Gasteiger partial charge in [-0.1, -0.05) is 0 Å². The Morgan fingerprint density at radius 1 is 1.17 bits per heavy atom. The molecular weight excluding hydrogens is 231 g/mol. The van der Waals surface area contributed by atoms with E-state index in [9.17, 15) is 9.50 Å². The van der Waals surface area contributed by atoms with Gasteiger partial charge in [-0.2, -0.15) is 0 Å². The van der Waals surface area contributed by atoms with Gasteiger partial charge in [-0.05, 0) is 48.0 Å². The van der Waals surface area contributed by atoms with Gasteiger partial charge >= 0.3 is 0 Å². The second-order valence-corrected chi connectivity index (χ2v) is 4.22. The second-order valence-electron chi connectivity index (χ2n) is 4.22. The van der Waals surface area contributed by atoms with Crippen LogP contribution in [0, 0.1) is 5.82 Å². The van der Waals surface area contributed by atoms with Crippen LogP contribution in [-0.4, -0.2) is 12.2 Å². The minimum atomic E-state index is -0.293. The molecule has 0 amide bonds. The van der Waals surface area contributed by atoms with E-state index >= 15 is 0 Å². The summed E-state index contributed by atoms with van der Waals surface area (Å²) in [7, 11) is 1.89. The van der Waals surface area contributed by atoms with Crippen LogP contribution in [0.2, 0.25) is 0 Å². The largest absolute Gasteiger partial charge is 0.508 e. The van der Waals surface area contributed by atoms with E-state index in [1.54, 1.807) is 30.3 Å². The van der Waals surface area contributed by atoms with Crippen molar-refractivity contribution in [3.05, 3.63) is 53.8 Å². The third-order valence-corrected chi connectivity index (χ3v) is 2.80. The normalized spacial score (nSPS) is 10.3. The van der Waals surface area contributed by atoms with E-state index in [0.717, 1.165) is 11.3 Å². The Hall–Kier alpha value is -2.23. The summed E-state index contributed by atoms with van der Waals surface area (Å²) in [6.45, 7) is 0.508. The Morgan fingerprint density at radius 2 is 1.83 bits per heavy atom. The van der Waals surface area contributed by atoms with Crippen LogP contribution in [-0.2, 0) is 6.54 Å². The summed E-state index contributed by atoms with van der Waals surface area (Å²) in [5.74, 6) is -0.0734. The number of nitrogen functional groups attached to an aromatic ring is 1. The van der Waals surface area contributed by atoms with Gasteiger partial charge in [-0.15, -0.1) is 0 Å². The smallest absolute Gasteiger partial charge is 0.123 e. The van der Waals surface area contributed by atoms with Gasteiger partial charge in [0.25, 0.3) is 0 Å². The second kappa shape index (κ2) is 4.96. The van der Waals surface area contributed by atoms with Gasteiger partial charge in [0.05, 0.1) is 0 Å². The maximum atomic E-state index is 13.1. The maximum Gasteiger partial charge on any atom is 0.123 e. The van der Waals surface area contributed by atoms with Crippen molar-refractivity contribution in [2.75, 3.05) is 17.7 Å². The minimum absolute atomic E-state index is 0.220. The number of nitrogens with two attached hydrogens (primary N) is 1. The highest BCUT2D eigenvalue weighted by molar-refractivity contribution is 5.52. The van der Waals surface area contributed by atoms with Crippen molar-refractivity contribution in [2.45, 2.75) is 6.54 Å². The molecule has 0 bridgehead atoms. The number of hydrogen-bond acceptors (Lipinski definition) is 3. The molecule has 4 heteroatoms. The molecule has 0 heterocycles. The highest BCUT2D eigenvalue weighted by atomic mass is 19.1. The number of aromatic hydroxyl groups is 1. The first-order chi connectivity index (χ1) is 8.56. The van der Waals surface area contributed by atoms with Crippen LogP contribution in [0.5, 0.6) is 5.75 Å². The molecule has 0 atom stereocenters. The Labute approximate surface area is 105 Å². The molecule has 2 aromatic carbocycles. The molecule has 0 saturated carbocycles. The standard InChI is InChI=1S/C14H15FN2O/c1-17(12-3-5-13(18)6-4-12)9-10-8-11(15)2-7-14(10)16/h2-8,18H,9,16H2,1H3. The molecule has 3 nitrogen and oxygen atoms in total. The quantitative estimate of drug-likeness (QED) is 0.819. The number of phenols is 1. The van der Waals surface area contributed by atoms with Crippen molar-refractivity contribution >= 4 is 11.4 Å². The Bertz CT molecular complexity index is 540. The van der Waals surface area contributed by atoms with Crippen molar-refractivity contribution < 1.29 is 9.50 Å². The summed E-state index contributed by atoms with van der Waals surface area (Å²) in [6, 6.07) is 11.2. The number of benzene rings is 2. The molecule has 0 aromatic heterocycles. The zero-order valence-corrected chi connectivity index (χ0v) is 10.1. The molecule has 18 heavy (non-hydrogen) atoms. The lowest BCUT2D eigenvalue weighted by Crippen LogP contribution is -2.17. The van der Waals surface area contributed by atoms with Crippen LogP contribution in [0.1, 0.15) is 5.56 Å².